The monoisotopic (exact) mass is 288 g/mol. The largest absolute Gasteiger partial charge is 0.463 e. The van der Waals surface area contributed by atoms with Crippen molar-refractivity contribution < 1.29 is 9.53 Å². The molecule has 0 spiro atoms. The third-order valence-corrected chi connectivity index (χ3v) is 2.81. The van der Waals surface area contributed by atoms with Gasteiger partial charge in [-0.25, -0.2) is 0 Å². The molecule has 1 aromatic carbocycles. The Bertz CT molecular complexity index is 339. The summed E-state index contributed by atoms with van der Waals surface area (Å²) in [6, 6.07) is 10.3. The summed E-state index contributed by atoms with van der Waals surface area (Å²) in [6.45, 7) is 0.0754. The molecule has 0 unspecified atom stereocenters. The molecule has 0 radical (unpaired) electrons. The smallest absolute Gasteiger partial charge is 0.305 e. The zero-order valence-corrected chi connectivity index (χ0v) is 11.8. The van der Waals surface area contributed by atoms with E-state index in [-0.39, 0.29) is 12.6 Å². The van der Waals surface area contributed by atoms with Crippen molar-refractivity contribution in [3.8, 4) is 0 Å². The van der Waals surface area contributed by atoms with Crippen molar-refractivity contribution in [1.29, 1.82) is 0 Å². The SMILES string of the molecule is O=C(CCCCCc1ccccc1)OCC(Cl)Cl. The number of hydrogen-bond acceptors (Lipinski definition) is 2. The minimum absolute atomic E-state index is 0.0754. The first-order chi connectivity index (χ1) is 8.68. The molecular formula is C14H18Cl2O2. The summed E-state index contributed by atoms with van der Waals surface area (Å²) in [7, 11) is 0. The number of alkyl halides is 2. The number of ether oxygens (including phenoxy) is 1. The molecule has 0 N–H and O–H groups in total. The summed E-state index contributed by atoms with van der Waals surface area (Å²) in [6.07, 6.45) is 4.46. The predicted octanol–water partition coefficient (Wildman–Crippen LogP) is 4.14. The van der Waals surface area contributed by atoms with Crippen LogP contribution in [-0.2, 0) is 16.0 Å². The Hall–Kier alpha value is -0.730. The fourth-order valence-corrected chi connectivity index (χ4v) is 1.77. The molecule has 0 saturated carbocycles. The summed E-state index contributed by atoms with van der Waals surface area (Å²) in [5, 5.41) is 0. The molecule has 0 heterocycles. The number of hydrogen-bond donors (Lipinski definition) is 0. The Kier molecular flexibility index (Phi) is 7.86. The van der Waals surface area contributed by atoms with Gasteiger partial charge in [-0.2, -0.15) is 0 Å². The zero-order chi connectivity index (χ0) is 13.2. The van der Waals surface area contributed by atoms with Crippen LogP contribution >= 0.6 is 23.2 Å². The van der Waals surface area contributed by atoms with Gasteiger partial charge in [-0.3, -0.25) is 4.79 Å². The van der Waals surface area contributed by atoms with Gasteiger partial charge in [0, 0.05) is 6.42 Å². The molecule has 0 aromatic heterocycles. The lowest BCUT2D eigenvalue weighted by atomic mass is 10.1. The third-order valence-electron chi connectivity index (χ3n) is 2.56. The highest BCUT2D eigenvalue weighted by molar-refractivity contribution is 6.44. The number of rotatable bonds is 8. The van der Waals surface area contributed by atoms with Gasteiger partial charge in [0.2, 0.25) is 0 Å². The van der Waals surface area contributed by atoms with Gasteiger partial charge in [-0.15, -0.1) is 23.2 Å². The topological polar surface area (TPSA) is 26.3 Å². The molecule has 100 valence electrons. The maximum absolute atomic E-state index is 11.2. The van der Waals surface area contributed by atoms with Gasteiger partial charge in [-0.05, 0) is 24.8 Å². The first kappa shape index (κ1) is 15.3. The second-order valence-corrected chi connectivity index (χ2v) is 5.40. The minimum atomic E-state index is -0.632. The van der Waals surface area contributed by atoms with Crippen LogP contribution in [0.15, 0.2) is 30.3 Å². The lowest BCUT2D eigenvalue weighted by Gasteiger charge is -2.05. The maximum atomic E-state index is 11.2. The van der Waals surface area contributed by atoms with E-state index in [2.05, 4.69) is 12.1 Å². The van der Waals surface area contributed by atoms with Crippen LogP contribution in [0.4, 0.5) is 0 Å². The normalized spacial score (nSPS) is 10.6. The number of benzene rings is 1. The molecule has 0 aliphatic heterocycles. The van der Waals surface area contributed by atoms with Gasteiger partial charge in [0.1, 0.15) is 11.4 Å². The van der Waals surface area contributed by atoms with Crippen molar-refractivity contribution in [3.05, 3.63) is 35.9 Å². The van der Waals surface area contributed by atoms with Gasteiger partial charge in [0.15, 0.2) is 0 Å². The summed E-state index contributed by atoms with van der Waals surface area (Å²) in [5.74, 6) is -0.221. The van der Waals surface area contributed by atoms with E-state index in [1.165, 1.54) is 5.56 Å². The highest BCUT2D eigenvalue weighted by Gasteiger charge is 2.05. The van der Waals surface area contributed by atoms with Gasteiger partial charge in [-0.1, -0.05) is 36.8 Å². The van der Waals surface area contributed by atoms with Gasteiger partial charge >= 0.3 is 5.97 Å². The van der Waals surface area contributed by atoms with E-state index in [1.807, 2.05) is 18.2 Å². The molecule has 0 aliphatic carbocycles. The van der Waals surface area contributed by atoms with Crippen molar-refractivity contribution in [2.75, 3.05) is 6.61 Å². The predicted molar refractivity (Wildman–Crippen MR) is 75.1 cm³/mol. The number of unbranched alkanes of at least 4 members (excludes halogenated alkanes) is 2. The number of halogens is 2. The first-order valence-electron chi connectivity index (χ1n) is 6.16. The van der Waals surface area contributed by atoms with Crippen LogP contribution in [0.1, 0.15) is 31.2 Å². The average Bonchev–Trinajstić information content (AvgIpc) is 2.37. The van der Waals surface area contributed by atoms with E-state index in [0.717, 1.165) is 25.7 Å². The third kappa shape index (κ3) is 7.57. The molecular weight excluding hydrogens is 271 g/mol. The molecule has 2 nitrogen and oxygen atoms in total. The lowest BCUT2D eigenvalue weighted by Crippen LogP contribution is -2.09. The Morgan fingerprint density at radius 2 is 1.83 bits per heavy atom. The molecule has 18 heavy (non-hydrogen) atoms. The highest BCUT2D eigenvalue weighted by Crippen LogP contribution is 2.09. The van der Waals surface area contributed by atoms with Crippen molar-refractivity contribution in [1.82, 2.24) is 0 Å². The molecule has 0 aliphatic rings. The van der Waals surface area contributed by atoms with Crippen LogP contribution in [0.5, 0.6) is 0 Å². The van der Waals surface area contributed by atoms with Crippen LogP contribution in [0.3, 0.4) is 0 Å². The minimum Gasteiger partial charge on any atom is -0.463 e. The molecule has 1 rings (SSSR count). The molecule has 0 amide bonds. The number of carbonyl (C=O) groups excluding carboxylic acids is 1. The van der Waals surface area contributed by atoms with Crippen molar-refractivity contribution in [2.24, 2.45) is 0 Å². The second kappa shape index (κ2) is 9.23. The van der Waals surface area contributed by atoms with Crippen molar-refractivity contribution in [3.63, 3.8) is 0 Å². The van der Waals surface area contributed by atoms with Gasteiger partial charge < -0.3 is 4.74 Å². The number of aryl methyl sites for hydroxylation is 1. The number of esters is 1. The molecule has 0 saturated heterocycles. The Labute approximate surface area is 118 Å². The zero-order valence-electron chi connectivity index (χ0n) is 10.3. The van der Waals surface area contributed by atoms with E-state index in [0.29, 0.717) is 6.42 Å². The van der Waals surface area contributed by atoms with Crippen LogP contribution in [0, 0.1) is 0 Å². The van der Waals surface area contributed by atoms with E-state index in [9.17, 15) is 4.79 Å². The van der Waals surface area contributed by atoms with Crippen LogP contribution in [0.25, 0.3) is 0 Å². The van der Waals surface area contributed by atoms with Crippen LogP contribution in [0.2, 0.25) is 0 Å². The Balaban J connectivity index is 2.00. The molecule has 1 aromatic rings. The highest BCUT2D eigenvalue weighted by atomic mass is 35.5. The summed E-state index contributed by atoms with van der Waals surface area (Å²) in [4.78, 5) is 10.6. The van der Waals surface area contributed by atoms with Crippen LogP contribution < -0.4 is 0 Å². The molecule has 0 fully saturated rings. The molecule has 0 atom stereocenters. The van der Waals surface area contributed by atoms with Crippen molar-refractivity contribution >= 4 is 29.2 Å². The summed E-state index contributed by atoms with van der Waals surface area (Å²) >= 11 is 10.9. The van der Waals surface area contributed by atoms with E-state index < -0.39 is 4.84 Å². The quantitative estimate of drug-likeness (QED) is 0.408. The Morgan fingerprint density at radius 1 is 1.11 bits per heavy atom. The number of carbonyl (C=O) groups is 1. The Morgan fingerprint density at radius 3 is 2.50 bits per heavy atom. The maximum Gasteiger partial charge on any atom is 0.305 e. The fourth-order valence-electron chi connectivity index (χ4n) is 1.65. The summed E-state index contributed by atoms with van der Waals surface area (Å²) < 4.78 is 4.87. The molecule has 0 bridgehead atoms. The fraction of sp³-hybridized carbons (Fsp3) is 0.500. The second-order valence-electron chi connectivity index (χ2n) is 4.12. The average molecular weight is 289 g/mol. The van der Waals surface area contributed by atoms with E-state index in [1.54, 1.807) is 0 Å². The molecule has 4 heteroatoms. The van der Waals surface area contributed by atoms with E-state index in [4.69, 9.17) is 27.9 Å². The summed E-state index contributed by atoms with van der Waals surface area (Å²) in [5.41, 5.74) is 1.34. The standard InChI is InChI=1S/C14H18Cl2O2/c15-13(16)11-18-14(17)10-6-2-5-9-12-7-3-1-4-8-12/h1,3-4,7-8,13H,2,5-6,9-11H2. The lowest BCUT2D eigenvalue weighted by molar-refractivity contribution is -0.143. The van der Waals surface area contributed by atoms with Gasteiger partial charge in [0.05, 0.1) is 0 Å². The van der Waals surface area contributed by atoms with Gasteiger partial charge in [0.25, 0.3) is 0 Å². The first-order valence-corrected chi connectivity index (χ1v) is 7.03. The van der Waals surface area contributed by atoms with Crippen molar-refractivity contribution in [2.45, 2.75) is 36.9 Å². The van der Waals surface area contributed by atoms with E-state index >= 15 is 0 Å². The van der Waals surface area contributed by atoms with Crippen LogP contribution in [-0.4, -0.2) is 17.4 Å².